The Bertz CT molecular complexity index is 67.4. The largest absolute Gasteiger partial charge is 1.00 e. The van der Waals surface area contributed by atoms with Crippen molar-refractivity contribution in [2.24, 2.45) is 0 Å². The standard InChI is InChI=1S/C3H4N2.2Na/c1-2-5-3-4-1;;/h1-3H,(H,4,5);;/q;2*+1. The van der Waals surface area contributed by atoms with E-state index in [0.717, 1.165) is 0 Å². The Labute approximate surface area is 86.7 Å². The van der Waals surface area contributed by atoms with Gasteiger partial charge in [0.1, 0.15) is 0 Å². The van der Waals surface area contributed by atoms with E-state index in [0.29, 0.717) is 0 Å². The minimum Gasteiger partial charge on any atom is -0.351 e. The van der Waals surface area contributed by atoms with E-state index in [1.165, 1.54) is 0 Å². The van der Waals surface area contributed by atoms with Gasteiger partial charge >= 0.3 is 59.1 Å². The van der Waals surface area contributed by atoms with E-state index >= 15 is 0 Å². The van der Waals surface area contributed by atoms with Crippen molar-refractivity contribution >= 4 is 0 Å². The predicted molar refractivity (Wildman–Crippen MR) is 18.6 cm³/mol. The van der Waals surface area contributed by atoms with Gasteiger partial charge in [-0.3, -0.25) is 0 Å². The van der Waals surface area contributed by atoms with Crippen molar-refractivity contribution in [3.05, 3.63) is 18.7 Å². The van der Waals surface area contributed by atoms with Crippen LogP contribution in [-0.4, -0.2) is 9.97 Å². The average Bonchev–Trinajstić information content (AvgIpc) is 1.76. The molecule has 26 valence electrons. The van der Waals surface area contributed by atoms with Crippen LogP contribution in [0, 0.1) is 0 Å². The fourth-order valence-electron chi connectivity index (χ4n) is 0.215. The molecule has 7 heavy (non-hydrogen) atoms. The number of nitrogens with one attached hydrogen (secondary N) is 1. The van der Waals surface area contributed by atoms with Gasteiger partial charge in [0.05, 0.1) is 6.33 Å². The third kappa shape index (κ3) is 5.07. The average molecular weight is 114 g/mol. The number of aromatic nitrogens is 2. The van der Waals surface area contributed by atoms with E-state index < -0.39 is 0 Å². The molecule has 0 aliphatic heterocycles. The molecule has 1 N–H and O–H groups in total. The fraction of sp³-hybridized carbons (Fsp3) is 0. The number of H-pyrrole nitrogens is 1. The Balaban J connectivity index is 0. The van der Waals surface area contributed by atoms with Crippen molar-refractivity contribution in [2.45, 2.75) is 0 Å². The monoisotopic (exact) mass is 114 g/mol. The van der Waals surface area contributed by atoms with Gasteiger partial charge < -0.3 is 4.98 Å². The number of aromatic amines is 1. The third-order valence-corrected chi connectivity index (χ3v) is 0.406. The van der Waals surface area contributed by atoms with Crippen LogP contribution < -0.4 is 59.1 Å². The van der Waals surface area contributed by atoms with Crippen LogP contribution in [-0.2, 0) is 0 Å². The maximum Gasteiger partial charge on any atom is 1.00 e. The summed E-state index contributed by atoms with van der Waals surface area (Å²) in [5.74, 6) is 0. The van der Waals surface area contributed by atoms with Gasteiger partial charge in [-0.1, -0.05) is 0 Å². The summed E-state index contributed by atoms with van der Waals surface area (Å²) in [6, 6.07) is 0. The van der Waals surface area contributed by atoms with Gasteiger partial charge in [0.2, 0.25) is 0 Å². The van der Waals surface area contributed by atoms with Gasteiger partial charge in [0, 0.05) is 12.4 Å². The van der Waals surface area contributed by atoms with Crippen LogP contribution in [0.1, 0.15) is 0 Å². The van der Waals surface area contributed by atoms with Crippen molar-refractivity contribution in [1.82, 2.24) is 9.97 Å². The minimum atomic E-state index is 0. The third-order valence-electron chi connectivity index (χ3n) is 0.406. The van der Waals surface area contributed by atoms with E-state index in [-0.39, 0.29) is 59.1 Å². The Kier molecular flexibility index (Phi) is 11.4. The van der Waals surface area contributed by atoms with Crippen LogP contribution in [0.15, 0.2) is 18.7 Å². The summed E-state index contributed by atoms with van der Waals surface area (Å²) < 4.78 is 0. The first-order valence-corrected chi connectivity index (χ1v) is 1.43. The molecule has 0 radical (unpaired) electrons. The summed E-state index contributed by atoms with van der Waals surface area (Å²) in [6.45, 7) is 0. The molecule has 1 aromatic rings. The van der Waals surface area contributed by atoms with Crippen LogP contribution in [0.5, 0.6) is 0 Å². The van der Waals surface area contributed by atoms with Crippen LogP contribution in [0.25, 0.3) is 0 Å². The van der Waals surface area contributed by atoms with Gasteiger partial charge in [-0.25, -0.2) is 4.98 Å². The molecule has 0 bridgehead atoms. The molecule has 0 aliphatic rings. The molecule has 1 rings (SSSR count). The minimum absolute atomic E-state index is 0. The number of hydrogen-bond acceptors (Lipinski definition) is 1. The van der Waals surface area contributed by atoms with Crippen LogP contribution in [0.3, 0.4) is 0 Å². The smallest absolute Gasteiger partial charge is 0.351 e. The maximum absolute atomic E-state index is 3.67. The number of nitrogens with zero attached hydrogens (tertiary/aromatic N) is 1. The van der Waals surface area contributed by atoms with Crippen molar-refractivity contribution in [3.8, 4) is 0 Å². The van der Waals surface area contributed by atoms with Gasteiger partial charge in [0.15, 0.2) is 0 Å². The molecule has 0 fully saturated rings. The zero-order valence-electron chi connectivity index (χ0n) is 4.68. The molecule has 0 aliphatic carbocycles. The summed E-state index contributed by atoms with van der Waals surface area (Å²) in [5, 5.41) is 0. The van der Waals surface area contributed by atoms with Crippen molar-refractivity contribution in [1.29, 1.82) is 0 Å². The molecule has 0 spiro atoms. The van der Waals surface area contributed by atoms with Gasteiger partial charge in [-0.2, -0.15) is 0 Å². The molecule has 0 aromatic carbocycles. The van der Waals surface area contributed by atoms with Crippen LogP contribution in [0.2, 0.25) is 0 Å². The normalized spacial score (nSPS) is 5.71. The summed E-state index contributed by atoms with van der Waals surface area (Å²) in [6.07, 6.45) is 5.08. The maximum atomic E-state index is 3.67. The summed E-state index contributed by atoms with van der Waals surface area (Å²) >= 11 is 0. The van der Waals surface area contributed by atoms with Crippen molar-refractivity contribution in [3.63, 3.8) is 0 Å². The molecule has 0 saturated heterocycles. The molecule has 0 unspecified atom stereocenters. The zero-order valence-corrected chi connectivity index (χ0v) is 8.68. The van der Waals surface area contributed by atoms with E-state index in [9.17, 15) is 0 Å². The second-order valence-electron chi connectivity index (χ2n) is 0.761. The Hall–Kier alpha value is 1.21. The molecule has 0 amide bonds. The van der Waals surface area contributed by atoms with Crippen LogP contribution in [0.4, 0.5) is 0 Å². The zero-order chi connectivity index (χ0) is 3.54. The second-order valence-corrected chi connectivity index (χ2v) is 0.761. The van der Waals surface area contributed by atoms with Crippen molar-refractivity contribution < 1.29 is 59.1 Å². The molecule has 4 heteroatoms. The summed E-state index contributed by atoms with van der Waals surface area (Å²) in [4.78, 5) is 6.42. The van der Waals surface area contributed by atoms with Gasteiger partial charge in [0.25, 0.3) is 0 Å². The Morgan fingerprint density at radius 3 is 2.14 bits per heavy atom. The SMILES string of the molecule is [Na+].[Na+].c1c[nH]cn1. The number of hydrogen-bond donors (Lipinski definition) is 1. The first-order chi connectivity index (χ1) is 2.50. The molecular weight excluding hydrogens is 110 g/mol. The molecule has 1 aromatic heterocycles. The predicted octanol–water partition coefficient (Wildman–Crippen LogP) is -5.58. The summed E-state index contributed by atoms with van der Waals surface area (Å²) in [5.41, 5.74) is 0. The van der Waals surface area contributed by atoms with E-state index in [2.05, 4.69) is 9.97 Å². The van der Waals surface area contributed by atoms with E-state index in [1.54, 1.807) is 18.7 Å². The van der Waals surface area contributed by atoms with Gasteiger partial charge in [-0.15, -0.1) is 0 Å². The fourth-order valence-corrected chi connectivity index (χ4v) is 0.215. The molecule has 0 saturated carbocycles. The topological polar surface area (TPSA) is 28.7 Å². The Morgan fingerprint density at radius 1 is 1.29 bits per heavy atom. The number of rotatable bonds is 0. The first-order valence-electron chi connectivity index (χ1n) is 1.43. The first kappa shape index (κ1) is 11.1. The molecule has 2 nitrogen and oxygen atoms in total. The van der Waals surface area contributed by atoms with Crippen LogP contribution >= 0.6 is 0 Å². The van der Waals surface area contributed by atoms with Crippen molar-refractivity contribution in [2.75, 3.05) is 0 Å². The molecule has 1 heterocycles. The summed E-state index contributed by atoms with van der Waals surface area (Å²) in [7, 11) is 0. The quantitative estimate of drug-likeness (QED) is 0.335. The number of imidazole rings is 1. The van der Waals surface area contributed by atoms with E-state index in [1.807, 2.05) is 0 Å². The molecule has 0 atom stereocenters. The van der Waals surface area contributed by atoms with E-state index in [4.69, 9.17) is 0 Å². The van der Waals surface area contributed by atoms with Gasteiger partial charge in [-0.05, 0) is 0 Å². The second kappa shape index (κ2) is 7.21. The molecular formula is C3H4N2Na2+2. The Morgan fingerprint density at radius 2 is 2.00 bits per heavy atom.